The van der Waals surface area contributed by atoms with Gasteiger partial charge in [-0.25, -0.2) is 4.79 Å². The zero-order valence-corrected chi connectivity index (χ0v) is 8.70. The summed E-state index contributed by atoms with van der Waals surface area (Å²) in [5, 5.41) is 9.60. The van der Waals surface area contributed by atoms with E-state index in [0.29, 0.717) is 6.42 Å². The van der Waals surface area contributed by atoms with Crippen LogP contribution < -0.4 is 11.2 Å². The molecule has 2 N–H and O–H groups in total. The number of aliphatic hydroxyl groups is 1. The number of nitrogens with zero attached hydrogens (tertiary/aromatic N) is 1. The largest absolute Gasteiger partial charge is 0.391 e. The normalized spacial score (nSPS) is 25.7. The first-order chi connectivity index (χ1) is 7.09. The Morgan fingerprint density at radius 1 is 1.47 bits per heavy atom. The van der Waals surface area contributed by atoms with Crippen LogP contribution in [0.2, 0.25) is 5.02 Å². The summed E-state index contributed by atoms with van der Waals surface area (Å²) in [6.45, 7) is 0. The van der Waals surface area contributed by atoms with Crippen LogP contribution in [0.25, 0.3) is 0 Å². The van der Waals surface area contributed by atoms with Crippen LogP contribution in [0, 0.1) is 0 Å². The van der Waals surface area contributed by atoms with Gasteiger partial charge in [0.25, 0.3) is 5.56 Å². The summed E-state index contributed by atoms with van der Waals surface area (Å²) < 4.78 is 1.31. The lowest BCUT2D eigenvalue weighted by Crippen LogP contribution is -2.34. The van der Waals surface area contributed by atoms with Gasteiger partial charge in [0.15, 0.2) is 0 Å². The molecule has 0 radical (unpaired) electrons. The molecule has 1 aromatic heterocycles. The highest BCUT2D eigenvalue weighted by Crippen LogP contribution is 2.28. The SMILES string of the molecule is O=c1[nH]c(=O)n([C@H]2CCC[C@@H]2O)cc1Cl. The van der Waals surface area contributed by atoms with Gasteiger partial charge in [-0.3, -0.25) is 14.3 Å². The molecule has 1 heterocycles. The lowest BCUT2D eigenvalue weighted by molar-refractivity contribution is 0.134. The first-order valence-electron chi connectivity index (χ1n) is 4.78. The third kappa shape index (κ3) is 1.85. The summed E-state index contributed by atoms with van der Waals surface area (Å²) >= 11 is 5.63. The van der Waals surface area contributed by atoms with E-state index in [0.717, 1.165) is 12.8 Å². The van der Waals surface area contributed by atoms with Crippen LogP contribution in [0.4, 0.5) is 0 Å². The molecule has 0 unspecified atom stereocenters. The van der Waals surface area contributed by atoms with E-state index in [1.807, 2.05) is 0 Å². The zero-order chi connectivity index (χ0) is 11.0. The topological polar surface area (TPSA) is 75.1 Å². The molecule has 15 heavy (non-hydrogen) atoms. The monoisotopic (exact) mass is 230 g/mol. The summed E-state index contributed by atoms with van der Waals surface area (Å²) in [6.07, 6.45) is 3.03. The Labute approximate surface area is 90.3 Å². The molecule has 0 aliphatic heterocycles. The van der Waals surface area contributed by atoms with Gasteiger partial charge in [-0.05, 0) is 19.3 Å². The van der Waals surface area contributed by atoms with E-state index < -0.39 is 17.4 Å². The van der Waals surface area contributed by atoms with Gasteiger partial charge in [-0.15, -0.1) is 0 Å². The molecule has 1 saturated carbocycles. The minimum atomic E-state index is -0.592. The molecule has 82 valence electrons. The Kier molecular flexibility index (Phi) is 2.67. The van der Waals surface area contributed by atoms with Crippen molar-refractivity contribution in [2.24, 2.45) is 0 Å². The van der Waals surface area contributed by atoms with Gasteiger partial charge in [0, 0.05) is 6.20 Å². The molecule has 6 heteroatoms. The Morgan fingerprint density at radius 3 is 2.80 bits per heavy atom. The summed E-state index contributed by atoms with van der Waals surface area (Å²) in [4.78, 5) is 24.6. The molecule has 1 fully saturated rings. The molecule has 0 spiro atoms. The van der Waals surface area contributed by atoms with E-state index in [2.05, 4.69) is 4.98 Å². The number of halogens is 1. The van der Waals surface area contributed by atoms with E-state index in [4.69, 9.17) is 11.6 Å². The molecule has 5 nitrogen and oxygen atoms in total. The fourth-order valence-electron chi connectivity index (χ4n) is 1.95. The van der Waals surface area contributed by atoms with Crippen LogP contribution in [-0.2, 0) is 0 Å². The molecule has 2 rings (SSSR count). The summed E-state index contributed by atoms with van der Waals surface area (Å²) in [6, 6.07) is -0.271. The van der Waals surface area contributed by atoms with Gasteiger partial charge >= 0.3 is 5.69 Å². The predicted octanol–water partition coefficient (Wildman–Crippen LogP) is 0.276. The van der Waals surface area contributed by atoms with Gasteiger partial charge < -0.3 is 5.11 Å². The highest BCUT2D eigenvalue weighted by Gasteiger charge is 2.27. The Morgan fingerprint density at radius 2 is 2.20 bits per heavy atom. The molecule has 0 aromatic carbocycles. The summed E-state index contributed by atoms with van der Waals surface area (Å²) in [5.74, 6) is 0. The highest BCUT2D eigenvalue weighted by molar-refractivity contribution is 6.30. The van der Waals surface area contributed by atoms with Crippen molar-refractivity contribution in [3.05, 3.63) is 32.1 Å². The Bertz CT molecular complexity index is 479. The fraction of sp³-hybridized carbons (Fsp3) is 0.556. The maximum Gasteiger partial charge on any atom is 0.328 e. The van der Waals surface area contributed by atoms with E-state index in [-0.39, 0.29) is 11.1 Å². The lowest BCUT2D eigenvalue weighted by Gasteiger charge is -2.16. The fourth-order valence-corrected chi connectivity index (χ4v) is 2.10. The van der Waals surface area contributed by atoms with Crippen molar-refractivity contribution in [1.29, 1.82) is 0 Å². The maximum atomic E-state index is 11.5. The van der Waals surface area contributed by atoms with Gasteiger partial charge in [0.1, 0.15) is 5.02 Å². The average molecular weight is 231 g/mol. The van der Waals surface area contributed by atoms with Gasteiger partial charge in [0.2, 0.25) is 0 Å². The molecule has 0 amide bonds. The molecule has 1 aliphatic rings. The Balaban J connectivity index is 2.48. The number of H-pyrrole nitrogens is 1. The third-order valence-electron chi connectivity index (χ3n) is 2.73. The molecule has 2 atom stereocenters. The quantitative estimate of drug-likeness (QED) is 0.728. The number of aliphatic hydroxyl groups excluding tert-OH is 1. The molecule has 1 aromatic rings. The van der Waals surface area contributed by atoms with Gasteiger partial charge in [0.05, 0.1) is 12.1 Å². The van der Waals surface area contributed by atoms with Crippen molar-refractivity contribution in [2.45, 2.75) is 31.4 Å². The first-order valence-corrected chi connectivity index (χ1v) is 5.16. The average Bonchev–Trinajstić information content (AvgIpc) is 2.58. The van der Waals surface area contributed by atoms with Crippen molar-refractivity contribution in [3.63, 3.8) is 0 Å². The maximum absolute atomic E-state index is 11.5. The first kappa shape index (κ1) is 10.4. The van der Waals surface area contributed by atoms with E-state index in [1.165, 1.54) is 10.8 Å². The van der Waals surface area contributed by atoms with Crippen LogP contribution in [0.3, 0.4) is 0 Å². The highest BCUT2D eigenvalue weighted by atomic mass is 35.5. The summed E-state index contributed by atoms with van der Waals surface area (Å²) in [5.41, 5.74) is -1.11. The minimum Gasteiger partial charge on any atom is -0.391 e. The standard InChI is InChI=1S/C9H11ClN2O3/c10-5-4-12(9(15)11-8(5)14)6-2-1-3-7(6)13/h4,6-7,13H,1-3H2,(H,11,14,15)/t6-,7-/m0/s1. The van der Waals surface area contributed by atoms with E-state index >= 15 is 0 Å². The predicted molar refractivity (Wildman–Crippen MR) is 55.2 cm³/mol. The summed E-state index contributed by atoms with van der Waals surface area (Å²) in [7, 11) is 0. The Hall–Kier alpha value is -1.07. The van der Waals surface area contributed by atoms with Crippen LogP contribution in [0.15, 0.2) is 15.8 Å². The molecule has 0 saturated heterocycles. The number of hydrogen-bond donors (Lipinski definition) is 2. The van der Waals surface area contributed by atoms with Crippen molar-refractivity contribution in [2.75, 3.05) is 0 Å². The second-order valence-electron chi connectivity index (χ2n) is 3.71. The second-order valence-corrected chi connectivity index (χ2v) is 4.12. The number of aromatic nitrogens is 2. The number of rotatable bonds is 1. The van der Waals surface area contributed by atoms with Crippen LogP contribution in [0.5, 0.6) is 0 Å². The number of hydrogen-bond acceptors (Lipinski definition) is 3. The van der Waals surface area contributed by atoms with Gasteiger partial charge in [-0.2, -0.15) is 0 Å². The van der Waals surface area contributed by atoms with Crippen LogP contribution in [-0.4, -0.2) is 20.8 Å². The van der Waals surface area contributed by atoms with Crippen molar-refractivity contribution >= 4 is 11.6 Å². The van der Waals surface area contributed by atoms with Crippen LogP contribution in [0.1, 0.15) is 25.3 Å². The third-order valence-corrected chi connectivity index (χ3v) is 2.99. The van der Waals surface area contributed by atoms with Crippen molar-refractivity contribution in [3.8, 4) is 0 Å². The van der Waals surface area contributed by atoms with Crippen molar-refractivity contribution < 1.29 is 5.11 Å². The van der Waals surface area contributed by atoms with E-state index in [1.54, 1.807) is 0 Å². The molecule has 0 bridgehead atoms. The van der Waals surface area contributed by atoms with E-state index in [9.17, 15) is 14.7 Å². The lowest BCUT2D eigenvalue weighted by atomic mass is 10.2. The smallest absolute Gasteiger partial charge is 0.328 e. The molecular weight excluding hydrogens is 220 g/mol. The number of aromatic amines is 1. The van der Waals surface area contributed by atoms with Gasteiger partial charge in [-0.1, -0.05) is 11.6 Å². The molecule has 1 aliphatic carbocycles. The zero-order valence-electron chi connectivity index (χ0n) is 7.94. The minimum absolute atomic E-state index is 0.0336. The van der Waals surface area contributed by atoms with Crippen molar-refractivity contribution in [1.82, 2.24) is 9.55 Å². The number of nitrogens with one attached hydrogen (secondary N) is 1. The molecular formula is C9H11ClN2O3. The second kappa shape index (κ2) is 3.83. The van der Waals surface area contributed by atoms with Crippen LogP contribution >= 0.6 is 11.6 Å².